The van der Waals surface area contributed by atoms with Crippen molar-refractivity contribution >= 4 is 49.2 Å². The summed E-state index contributed by atoms with van der Waals surface area (Å²) in [4.78, 5) is 10.5. The molecule has 4 nitrogen and oxygen atoms in total. The van der Waals surface area contributed by atoms with E-state index in [0.717, 1.165) is 72.7 Å². The van der Waals surface area contributed by atoms with Crippen LogP contribution in [0.25, 0.3) is 94.5 Å². The average Bonchev–Trinajstić information content (AvgIpc) is 3.80. The highest BCUT2D eigenvalue weighted by atomic mass is 15.0. The van der Waals surface area contributed by atoms with Gasteiger partial charge in [-0.15, -0.1) is 6.42 Å². The number of hydrogen-bond acceptors (Lipinski definition) is 2. The first-order valence-corrected chi connectivity index (χ1v) is 19.2. The summed E-state index contributed by atoms with van der Waals surface area (Å²) >= 11 is 0. The Bertz CT molecular complexity index is 3000. The number of fused-ring (bicyclic) bond motifs is 6. The standard InChI is InChI=1S/C53H36N4/c1-3-16-36(17-4-2)37-28-30-38(31-29-37)47-35-48(55-53(54-47)39-18-6-5-7-19-39)40-32-41(56-49-24-12-8-20-43(49)44-21-9-13-25-50(44)56)34-42(33-40)57-51-26-14-10-22-45(51)46-23-11-15-27-52(46)57/h1,4-35H,2H3/b17-4-,36-16+. The molecule has 10 aromatic rings. The van der Waals surface area contributed by atoms with E-state index < -0.39 is 0 Å². The fourth-order valence-electron chi connectivity index (χ4n) is 8.19. The quantitative estimate of drug-likeness (QED) is 0.121. The van der Waals surface area contributed by atoms with Crippen molar-refractivity contribution in [3.05, 3.63) is 200 Å². The molecule has 0 aliphatic rings. The van der Waals surface area contributed by atoms with Crippen LogP contribution in [0.15, 0.2) is 194 Å². The van der Waals surface area contributed by atoms with Crippen LogP contribution in [-0.4, -0.2) is 19.1 Å². The van der Waals surface area contributed by atoms with Crippen molar-refractivity contribution in [2.24, 2.45) is 0 Å². The van der Waals surface area contributed by atoms with Gasteiger partial charge in [0.05, 0.1) is 33.5 Å². The maximum atomic E-state index is 5.67. The van der Waals surface area contributed by atoms with Crippen LogP contribution < -0.4 is 0 Å². The fourth-order valence-corrected chi connectivity index (χ4v) is 8.19. The largest absolute Gasteiger partial charge is 0.309 e. The summed E-state index contributed by atoms with van der Waals surface area (Å²) in [5.74, 6) is 3.34. The molecule has 3 heterocycles. The third-order valence-electron chi connectivity index (χ3n) is 10.7. The van der Waals surface area contributed by atoms with Crippen LogP contribution in [0, 0.1) is 12.3 Å². The number of allylic oxidation sites excluding steroid dienone is 4. The van der Waals surface area contributed by atoms with Crippen LogP contribution in [0.5, 0.6) is 0 Å². The van der Waals surface area contributed by atoms with Crippen LogP contribution in [0.4, 0.5) is 0 Å². The molecule has 7 aromatic carbocycles. The molecule has 0 aliphatic carbocycles. The summed E-state index contributed by atoms with van der Waals surface area (Å²) in [7, 11) is 0. The van der Waals surface area contributed by atoms with Gasteiger partial charge in [-0.05, 0) is 72.7 Å². The number of nitrogens with zero attached hydrogens (tertiary/aromatic N) is 4. The molecule has 0 atom stereocenters. The van der Waals surface area contributed by atoms with Crippen molar-refractivity contribution in [2.45, 2.75) is 6.92 Å². The fraction of sp³-hybridized carbons (Fsp3) is 0.0189. The zero-order valence-corrected chi connectivity index (χ0v) is 31.3. The van der Waals surface area contributed by atoms with Crippen LogP contribution >= 0.6 is 0 Å². The number of aromatic nitrogens is 4. The molecule has 268 valence electrons. The number of hydrogen-bond donors (Lipinski definition) is 0. The van der Waals surface area contributed by atoms with E-state index in [1.807, 2.05) is 37.3 Å². The molecule has 0 saturated carbocycles. The van der Waals surface area contributed by atoms with Gasteiger partial charge in [-0.25, -0.2) is 9.97 Å². The summed E-state index contributed by atoms with van der Waals surface area (Å²) in [6.07, 6.45) is 11.5. The van der Waals surface area contributed by atoms with Crippen molar-refractivity contribution in [1.82, 2.24) is 19.1 Å². The topological polar surface area (TPSA) is 35.6 Å². The second-order valence-corrected chi connectivity index (χ2v) is 14.1. The number of para-hydroxylation sites is 4. The van der Waals surface area contributed by atoms with Gasteiger partial charge in [-0.3, -0.25) is 0 Å². The summed E-state index contributed by atoms with van der Waals surface area (Å²) in [6.45, 7) is 2.00. The van der Waals surface area contributed by atoms with Gasteiger partial charge in [-0.2, -0.15) is 0 Å². The number of terminal acetylenes is 1. The van der Waals surface area contributed by atoms with E-state index in [-0.39, 0.29) is 0 Å². The Hall–Kier alpha value is -7.74. The second kappa shape index (κ2) is 14.2. The molecule has 0 fully saturated rings. The number of rotatable bonds is 7. The van der Waals surface area contributed by atoms with Crippen molar-refractivity contribution in [3.8, 4) is 57.6 Å². The Kier molecular flexibility index (Phi) is 8.39. The van der Waals surface area contributed by atoms with Crippen molar-refractivity contribution in [2.75, 3.05) is 0 Å². The van der Waals surface area contributed by atoms with Gasteiger partial charge >= 0.3 is 0 Å². The molecule has 57 heavy (non-hydrogen) atoms. The highest BCUT2D eigenvalue weighted by Crippen LogP contribution is 2.38. The normalized spacial score (nSPS) is 12.0. The lowest BCUT2D eigenvalue weighted by Crippen LogP contribution is -2.01. The van der Waals surface area contributed by atoms with Gasteiger partial charge in [0.25, 0.3) is 0 Å². The van der Waals surface area contributed by atoms with Gasteiger partial charge in [0.15, 0.2) is 5.82 Å². The minimum absolute atomic E-state index is 0.662. The van der Waals surface area contributed by atoms with Crippen LogP contribution in [0.1, 0.15) is 12.5 Å². The molecule has 4 heteroatoms. The number of benzene rings is 7. The highest BCUT2D eigenvalue weighted by Gasteiger charge is 2.19. The summed E-state index contributed by atoms with van der Waals surface area (Å²) in [5.41, 5.74) is 13.3. The van der Waals surface area contributed by atoms with E-state index in [9.17, 15) is 0 Å². The van der Waals surface area contributed by atoms with E-state index in [0.29, 0.717) is 5.82 Å². The molecule has 0 bridgehead atoms. The molecule has 0 amide bonds. The van der Waals surface area contributed by atoms with Crippen LogP contribution in [0.3, 0.4) is 0 Å². The van der Waals surface area contributed by atoms with Crippen LogP contribution in [0.2, 0.25) is 0 Å². The maximum Gasteiger partial charge on any atom is 0.160 e. The molecule has 3 aromatic heterocycles. The molecule has 0 N–H and O–H groups in total. The Morgan fingerprint density at radius 2 is 0.947 bits per heavy atom. The lowest BCUT2D eigenvalue weighted by Gasteiger charge is -2.16. The van der Waals surface area contributed by atoms with E-state index in [4.69, 9.17) is 16.4 Å². The predicted molar refractivity (Wildman–Crippen MR) is 239 cm³/mol. The van der Waals surface area contributed by atoms with Gasteiger partial charge < -0.3 is 9.13 Å². The zero-order valence-electron chi connectivity index (χ0n) is 31.3. The van der Waals surface area contributed by atoms with E-state index in [1.165, 1.54) is 21.5 Å². The molecule has 0 aliphatic heterocycles. The third-order valence-corrected chi connectivity index (χ3v) is 10.7. The van der Waals surface area contributed by atoms with E-state index in [1.54, 1.807) is 6.08 Å². The summed E-state index contributed by atoms with van der Waals surface area (Å²) < 4.78 is 4.77. The maximum absolute atomic E-state index is 5.67. The summed E-state index contributed by atoms with van der Waals surface area (Å²) in [6, 6.07) is 62.3. The van der Waals surface area contributed by atoms with Crippen LogP contribution in [-0.2, 0) is 0 Å². The minimum Gasteiger partial charge on any atom is -0.309 e. The van der Waals surface area contributed by atoms with E-state index in [2.05, 4.69) is 173 Å². The molecule has 10 rings (SSSR count). The Labute approximate surface area is 331 Å². The zero-order chi connectivity index (χ0) is 38.3. The molecular formula is C53H36N4. The van der Waals surface area contributed by atoms with Crippen molar-refractivity contribution in [1.29, 1.82) is 0 Å². The SMILES string of the molecule is C#C/C=C(\C=C/C)c1ccc(-c2cc(-c3cc(-n4c5ccccc5c5ccccc54)cc(-n4c5ccccc5c5ccccc54)c3)nc(-c3ccccc3)n2)cc1. The minimum atomic E-state index is 0.662. The smallest absolute Gasteiger partial charge is 0.160 e. The molecule has 0 unspecified atom stereocenters. The van der Waals surface area contributed by atoms with Crippen molar-refractivity contribution in [3.63, 3.8) is 0 Å². The first-order valence-electron chi connectivity index (χ1n) is 19.2. The molecule has 0 saturated heterocycles. The van der Waals surface area contributed by atoms with Gasteiger partial charge in [-0.1, -0.05) is 145 Å². The first-order chi connectivity index (χ1) is 28.2. The second-order valence-electron chi connectivity index (χ2n) is 14.1. The lowest BCUT2D eigenvalue weighted by molar-refractivity contribution is 1.13. The third kappa shape index (κ3) is 5.90. The Morgan fingerprint density at radius 3 is 1.42 bits per heavy atom. The van der Waals surface area contributed by atoms with Gasteiger partial charge in [0.2, 0.25) is 0 Å². The molecule has 0 spiro atoms. The monoisotopic (exact) mass is 728 g/mol. The molecule has 0 radical (unpaired) electrons. The average molecular weight is 729 g/mol. The van der Waals surface area contributed by atoms with E-state index >= 15 is 0 Å². The lowest BCUT2D eigenvalue weighted by atomic mass is 10.0. The Balaban J connectivity index is 1.25. The van der Waals surface area contributed by atoms with Gasteiger partial charge in [0.1, 0.15) is 0 Å². The van der Waals surface area contributed by atoms with Gasteiger partial charge in [0, 0.05) is 49.6 Å². The molecular weight excluding hydrogens is 693 g/mol. The first kappa shape index (κ1) is 33.8. The Morgan fingerprint density at radius 1 is 0.491 bits per heavy atom. The predicted octanol–water partition coefficient (Wildman–Crippen LogP) is 13.3. The van der Waals surface area contributed by atoms with Crippen molar-refractivity contribution < 1.29 is 0 Å². The summed E-state index contributed by atoms with van der Waals surface area (Å²) in [5, 5.41) is 4.85. The highest BCUT2D eigenvalue weighted by molar-refractivity contribution is 6.10.